The molecule has 6 heteroatoms. The van der Waals surface area contributed by atoms with Gasteiger partial charge in [-0.2, -0.15) is 17.4 Å². The second kappa shape index (κ2) is 5.86. The third-order valence-electron chi connectivity index (χ3n) is 4.00. The molecule has 0 amide bonds. The Hall–Kier alpha value is -0.170. The lowest BCUT2D eigenvalue weighted by Crippen LogP contribution is -2.52. The molecule has 1 saturated carbocycles. The molecule has 1 atom stereocenters. The Kier molecular flexibility index (Phi) is 4.64. The lowest BCUT2D eigenvalue weighted by atomic mass is 9.83. The molecular weight excluding hydrogens is 250 g/mol. The largest absolute Gasteiger partial charge is 0.319 e. The van der Waals surface area contributed by atoms with E-state index >= 15 is 0 Å². The molecule has 1 aliphatic carbocycles. The Balaban J connectivity index is 1.88. The molecule has 2 fully saturated rings. The molecule has 1 heterocycles. The van der Waals surface area contributed by atoms with E-state index in [4.69, 9.17) is 0 Å². The van der Waals surface area contributed by atoms with Gasteiger partial charge in [0.2, 0.25) is 0 Å². The van der Waals surface area contributed by atoms with Crippen molar-refractivity contribution in [3.05, 3.63) is 0 Å². The molecular formula is C12H25N3O2S. The van der Waals surface area contributed by atoms with Gasteiger partial charge in [-0.05, 0) is 51.1 Å². The van der Waals surface area contributed by atoms with Crippen molar-refractivity contribution >= 4 is 10.2 Å². The van der Waals surface area contributed by atoms with Crippen molar-refractivity contribution in [3.63, 3.8) is 0 Å². The zero-order valence-corrected chi connectivity index (χ0v) is 12.2. The van der Waals surface area contributed by atoms with E-state index in [0.717, 1.165) is 32.2 Å². The van der Waals surface area contributed by atoms with E-state index in [1.165, 1.54) is 0 Å². The molecule has 1 aliphatic heterocycles. The van der Waals surface area contributed by atoms with Gasteiger partial charge in [-0.15, -0.1) is 0 Å². The quantitative estimate of drug-likeness (QED) is 0.770. The minimum Gasteiger partial charge on any atom is -0.319 e. The van der Waals surface area contributed by atoms with Crippen molar-refractivity contribution < 1.29 is 8.42 Å². The molecule has 0 aromatic rings. The van der Waals surface area contributed by atoms with Gasteiger partial charge < -0.3 is 5.32 Å². The van der Waals surface area contributed by atoms with Gasteiger partial charge in [0, 0.05) is 19.1 Å². The maximum atomic E-state index is 12.2. The van der Waals surface area contributed by atoms with Gasteiger partial charge in [0.1, 0.15) is 0 Å². The Labute approximate surface area is 110 Å². The number of nitrogens with one attached hydrogen (secondary N) is 2. The topological polar surface area (TPSA) is 61.4 Å². The van der Waals surface area contributed by atoms with E-state index in [1.807, 2.05) is 7.05 Å². The predicted molar refractivity (Wildman–Crippen MR) is 72.5 cm³/mol. The van der Waals surface area contributed by atoms with Gasteiger partial charge in [-0.3, -0.25) is 0 Å². The molecule has 0 radical (unpaired) electrons. The first-order chi connectivity index (χ1) is 8.51. The number of nitrogens with zero attached hydrogens (tertiary/aromatic N) is 1. The van der Waals surface area contributed by atoms with Gasteiger partial charge in [-0.25, -0.2) is 0 Å². The van der Waals surface area contributed by atoms with Crippen molar-refractivity contribution in [1.29, 1.82) is 0 Å². The summed E-state index contributed by atoms with van der Waals surface area (Å²) >= 11 is 0. The summed E-state index contributed by atoms with van der Waals surface area (Å²) in [7, 11) is -1.34. The SMILES string of the molecule is CNCC1CCCN(S(=O)(=O)NC2CC(C)C2)C1. The average Bonchev–Trinajstić information content (AvgIpc) is 2.27. The third-order valence-corrected chi connectivity index (χ3v) is 5.65. The fourth-order valence-corrected chi connectivity index (χ4v) is 4.52. The number of hydrogen-bond acceptors (Lipinski definition) is 3. The normalized spacial score (nSPS) is 34.2. The zero-order valence-electron chi connectivity index (χ0n) is 11.4. The van der Waals surface area contributed by atoms with Crippen molar-refractivity contribution in [1.82, 2.24) is 14.3 Å². The fraction of sp³-hybridized carbons (Fsp3) is 1.00. The summed E-state index contributed by atoms with van der Waals surface area (Å²) in [5.74, 6) is 1.11. The average molecular weight is 275 g/mol. The Morgan fingerprint density at radius 1 is 1.33 bits per heavy atom. The van der Waals surface area contributed by atoms with Crippen LogP contribution in [0.2, 0.25) is 0 Å². The summed E-state index contributed by atoms with van der Waals surface area (Å²) in [6.07, 6.45) is 4.04. The zero-order chi connectivity index (χ0) is 13.2. The van der Waals surface area contributed by atoms with E-state index in [2.05, 4.69) is 17.0 Å². The van der Waals surface area contributed by atoms with Crippen LogP contribution in [0.1, 0.15) is 32.6 Å². The molecule has 2 N–H and O–H groups in total. The summed E-state index contributed by atoms with van der Waals surface area (Å²) in [4.78, 5) is 0. The van der Waals surface area contributed by atoms with Crippen LogP contribution >= 0.6 is 0 Å². The summed E-state index contributed by atoms with van der Waals surface area (Å²) in [6.45, 7) is 4.37. The molecule has 0 aromatic heterocycles. The standard InChI is InChI=1S/C12H25N3O2S/c1-10-6-12(7-10)14-18(16,17)15-5-3-4-11(9-15)8-13-2/h10-14H,3-9H2,1-2H3. The van der Waals surface area contributed by atoms with Crippen molar-refractivity contribution in [2.24, 2.45) is 11.8 Å². The van der Waals surface area contributed by atoms with Crippen LogP contribution < -0.4 is 10.0 Å². The first-order valence-corrected chi connectivity index (χ1v) is 8.37. The molecule has 2 aliphatic rings. The number of piperidine rings is 1. The highest BCUT2D eigenvalue weighted by molar-refractivity contribution is 7.87. The third kappa shape index (κ3) is 3.44. The van der Waals surface area contributed by atoms with Gasteiger partial charge >= 0.3 is 0 Å². The van der Waals surface area contributed by atoms with Crippen molar-refractivity contribution in [2.45, 2.75) is 38.6 Å². The Bertz CT molecular complexity index is 364. The highest BCUT2D eigenvalue weighted by atomic mass is 32.2. The van der Waals surface area contributed by atoms with E-state index < -0.39 is 10.2 Å². The molecule has 1 saturated heterocycles. The van der Waals surface area contributed by atoms with E-state index in [1.54, 1.807) is 4.31 Å². The van der Waals surface area contributed by atoms with Crippen LogP contribution in [0.5, 0.6) is 0 Å². The van der Waals surface area contributed by atoms with E-state index in [0.29, 0.717) is 24.9 Å². The monoisotopic (exact) mass is 275 g/mol. The van der Waals surface area contributed by atoms with Crippen LogP contribution in [-0.4, -0.2) is 45.4 Å². The van der Waals surface area contributed by atoms with Crippen LogP contribution in [0.15, 0.2) is 0 Å². The molecule has 0 aromatic carbocycles. The smallest absolute Gasteiger partial charge is 0.279 e. The van der Waals surface area contributed by atoms with Crippen molar-refractivity contribution in [2.75, 3.05) is 26.7 Å². The molecule has 5 nitrogen and oxygen atoms in total. The van der Waals surface area contributed by atoms with Crippen LogP contribution in [0.3, 0.4) is 0 Å². The van der Waals surface area contributed by atoms with Gasteiger partial charge in [-0.1, -0.05) is 6.92 Å². The maximum absolute atomic E-state index is 12.2. The highest BCUT2D eigenvalue weighted by Gasteiger charge is 2.34. The first-order valence-electron chi connectivity index (χ1n) is 6.93. The minimum atomic E-state index is -3.26. The van der Waals surface area contributed by atoms with Crippen LogP contribution in [0.4, 0.5) is 0 Å². The predicted octanol–water partition coefficient (Wildman–Crippen LogP) is 0.551. The first kappa shape index (κ1) is 14.2. The summed E-state index contributed by atoms with van der Waals surface area (Å²) in [5.41, 5.74) is 0. The van der Waals surface area contributed by atoms with Gasteiger partial charge in [0.15, 0.2) is 0 Å². The van der Waals surface area contributed by atoms with E-state index in [9.17, 15) is 8.42 Å². The van der Waals surface area contributed by atoms with Gasteiger partial charge in [0.25, 0.3) is 10.2 Å². The molecule has 2 rings (SSSR count). The number of rotatable bonds is 5. The molecule has 106 valence electrons. The van der Waals surface area contributed by atoms with Crippen LogP contribution in [0, 0.1) is 11.8 Å². The van der Waals surface area contributed by atoms with Crippen molar-refractivity contribution in [3.8, 4) is 0 Å². The highest BCUT2D eigenvalue weighted by Crippen LogP contribution is 2.27. The Morgan fingerprint density at radius 3 is 2.67 bits per heavy atom. The maximum Gasteiger partial charge on any atom is 0.279 e. The molecule has 0 bridgehead atoms. The van der Waals surface area contributed by atoms with E-state index in [-0.39, 0.29) is 6.04 Å². The van der Waals surface area contributed by atoms with Gasteiger partial charge in [0.05, 0.1) is 0 Å². The molecule has 18 heavy (non-hydrogen) atoms. The lowest BCUT2D eigenvalue weighted by Gasteiger charge is -2.37. The summed E-state index contributed by atoms with van der Waals surface area (Å²) in [5, 5.41) is 3.14. The minimum absolute atomic E-state index is 0.162. The van der Waals surface area contributed by atoms with Crippen LogP contribution in [0.25, 0.3) is 0 Å². The second-order valence-electron chi connectivity index (χ2n) is 5.82. The Morgan fingerprint density at radius 2 is 2.06 bits per heavy atom. The lowest BCUT2D eigenvalue weighted by molar-refractivity contribution is 0.240. The summed E-state index contributed by atoms with van der Waals surface area (Å²) < 4.78 is 28.9. The summed E-state index contributed by atoms with van der Waals surface area (Å²) in [6, 6.07) is 0.162. The number of hydrogen-bond donors (Lipinski definition) is 2. The van der Waals surface area contributed by atoms with Crippen LogP contribution in [-0.2, 0) is 10.2 Å². The second-order valence-corrected chi connectivity index (χ2v) is 7.52. The molecule has 0 spiro atoms. The molecule has 1 unspecified atom stereocenters. The fourth-order valence-electron chi connectivity index (χ4n) is 2.98.